The van der Waals surface area contributed by atoms with E-state index < -0.39 is 5.97 Å². The highest BCUT2D eigenvalue weighted by atomic mass is 16.5. The fraction of sp³-hybridized carbons (Fsp3) is 0.545. The number of furan rings is 1. The fourth-order valence-corrected chi connectivity index (χ4v) is 1.69. The van der Waals surface area contributed by atoms with Crippen molar-refractivity contribution in [2.75, 3.05) is 13.2 Å². The molecule has 1 N–H and O–H groups in total. The molecule has 1 fully saturated rings. The van der Waals surface area contributed by atoms with Gasteiger partial charge in [0, 0.05) is 18.8 Å². The molecule has 2 heterocycles. The molecule has 1 aliphatic heterocycles. The molecule has 0 radical (unpaired) electrons. The molecule has 2 rings (SSSR count). The molecule has 0 unspecified atom stereocenters. The Bertz CT molecular complexity index is 351. The van der Waals surface area contributed by atoms with Crippen LogP contribution in [0.15, 0.2) is 16.7 Å². The lowest BCUT2D eigenvalue weighted by Crippen LogP contribution is -2.23. The molecule has 1 aromatic rings. The van der Waals surface area contributed by atoms with Crippen LogP contribution in [0.4, 0.5) is 0 Å². The van der Waals surface area contributed by atoms with Gasteiger partial charge in [0.2, 0.25) is 5.76 Å². The Hall–Kier alpha value is -1.33. The Balaban J connectivity index is 1.88. The SMILES string of the molecule is O=C(O)c1occc1COC1CCOCC1. The molecular formula is C11H14O5. The van der Waals surface area contributed by atoms with Gasteiger partial charge in [0.05, 0.1) is 19.0 Å². The number of aromatic carboxylic acids is 1. The van der Waals surface area contributed by atoms with Gasteiger partial charge in [-0.3, -0.25) is 0 Å². The van der Waals surface area contributed by atoms with Crippen molar-refractivity contribution in [1.82, 2.24) is 0 Å². The van der Waals surface area contributed by atoms with Gasteiger partial charge in [-0.2, -0.15) is 0 Å². The molecule has 1 aliphatic rings. The predicted octanol–water partition coefficient (Wildman–Crippen LogP) is 1.67. The van der Waals surface area contributed by atoms with Crippen LogP contribution in [-0.4, -0.2) is 30.4 Å². The first-order valence-corrected chi connectivity index (χ1v) is 5.26. The van der Waals surface area contributed by atoms with Crippen molar-refractivity contribution < 1.29 is 23.8 Å². The minimum Gasteiger partial charge on any atom is -0.475 e. The molecule has 88 valence electrons. The van der Waals surface area contributed by atoms with E-state index in [0.717, 1.165) is 12.8 Å². The predicted molar refractivity (Wildman–Crippen MR) is 54.3 cm³/mol. The summed E-state index contributed by atoms with van der Waals surface area (Å²) in [5.74, 6) is -1.09. The molecule has 0 aliphatic carbocycles. The first kappa shape index (κ1) is 11.2. The van der Waals surface area contributed by atoms with Gasteiger partial charge in [-0.15, -0.1) is 0 Å². The van der Waals surface area contributed by atoms with Crippen molar-refractivity contribution in [2.45, 2.75) is 25.6 Å². The molecule has 0 atom stereocenters. The van der Waals surface area contributed by atoms with Crippen LogP contribution >= 0.6 is 0 Å². The van der Waals surface area contributed by atoms with E-state index in [1.54, 1.807) is 6.07 Å². The molecule has 1 saturated heterocycles. The molecule has 5 heteroatoms. The van der Waals surface area contributed by atoms with Crippen molar-refractivity contribution in [3.63, 3.8) is 0 Å². The summed E-state index contributed by atoms with van der Waals surface area (Å²) in [6, 6.07) is 1.63. The van der Waals surface area contributed by atoms with E-state index in [1.807, 2.05) is 0 Å². The highest BCUT2D eigenvalue weighted by Crippen LogP contribution is 2.16. The van der Waals surface area contributed by atoms with E-state index in [4.69, 9.17) is 19.0 Å². The van der Waals surface area contributed by atoms with E-state index >= 15 is 0 Å². The minimum atomic E-state index is -1.06. The first-order valence-electron chi connectivity index (χ1n) is 5.26. The second kappa shape index (κ2) is 5.14. The van der Waals surface area contributed by atoms with Crippen LogP contribution in [0.1, 0.15) is 29.0 Å². The molecule has 0 saturated carbocycles. The van der Waals surface area contributed by atoms with Gasteiger partial charge in [0.15, 0.2) is 0 Å². The lowest BCUT2D eigenvalue weighted by Gasteiger charge is -2.22. The average Bonchev–Trinajstić information content (AvgIpc) is 2.76. The van der Waals surface area contributed by atoms with Gasteiger partial charge in [-0.05, 0) is 18.9 Å². The monoisotopic (exact) mass is 226 g/mol. The average molecular weight is 226 g/mol. The lowest BCUT2D eigenvalue weighted by molar-refractivity contribution is -0.0394. The topological polar surface area (TPSA) is 68.9 Å². The molecule has 0 spiro atoms. The second-order valence-electron chi connectivity index (χ2n) is 3.70. The minimum absolute atomic E-state index is 0.0351. The number of hydrogen-bond donors (Lipinski definition) is 1. The Labute approximate surface area is 93.0 Å². The smallest absolute Gasteiger partial charge is 0.372 e. The van der Waals surface area contributed by atoms with Crippen molar-refractivity contribution >= 4 is 5.97 Å². The van der Waals surface area contributed by atoms with Crippen LogP contribution in [0.25, 0.3) is 0 Å². The van der Waals surface area contributed by atoms with Crippen LogP contribution in [0.3, 0.4) is 0 Å². The Kier molecular flexibility index (Phi) is 3.58. The maximum absolute atomic E-state index is 10.8. The van der Waals surface area contributed by atoms with E-state index in [0.29, 0.717) is 18.8 Å². The molecule has 0 aromatic carbocycles. The second-order valence-corrected chi connectivity index (χ2v) is 3.70. The van der Waals surface area contributed by atoms with Crippen molar-refractivity contribution in [3.05, 3.63) is 23.7 Å². The summed E-state index contributed by atoms with van der Waals surface area (Å²) in [7, 11) is 0. The zero-order valence-corrected chi connectivity index (χ0v) is 8.85. The summed E-state index contributed by atoms with van der Waals surface area (Å²) < 4.78 is 15.7. The number of hydrogen-bond acceptors (Lipinski definition) is 4. The zero-order valence-electron chi connectivity index (χ0n) is 8.85. The Morgan fingerprint density at radius 1 is 1.50 bits per heavy atom. The number of carboxylic acid groups (broad SMARTS) is 1. The van der Waals surface area contributed by atoms with Crippen molar-refractivity contribution in [3.8, 4) is 0 Å². The van der Waals surface area contributed by atoms with Gasteiger partial charge in [-0.25, -0.2) is 4.79 Å². The molecule has 0 amide bonds. The third-order valence-corrected chi connectivity index (χ3v) is 2.58. The van der Waals surface area contributed by atoms with Gasteiger partial charge < -0.3 is 19.0 Å². The standard InChI is InChI=1S/C11H14O5/c12-11(13)10-8(1-6-15-10)7-16-9-2-4-14-5-3-9/h1,6,9H,2-5,7H2,(H,12,13). The van der Waals surface area contributed by atoms with Crippen LogP contribution in [0, 0.1) is 0 Å². The normalized spacial score (nSPS) is 17.5. The van der Waals surface area contributed by atoms with Crippen LogP contribution in [0.5, 0.6) is 0 Å². The number of carboxylic acids is 1. The van der Waals surface area contributed by atoms with Crippen LogP contribution < -0.4 is 0 Å². The Morgan fingerprint density at radius 2 is 2.25 bits per heavy atom. The van der Waals surface area contributed by atoms with Gasteiger partial charge in [-0.1, -0.05) is 0 Å². The van der Waals surface area contributed by atoms with Crippen molar-refractivity contribution in [1.29, 1.82) is 0 Å². The summed E-state index contributed by atoms with van der Waals surface area (Å²) in [5.41, 5.74) is 0.582. The maximum atomic E-state index is 10.8. The maximum Gasteiger partial charge on any atom is 0.372 e. The van der Waals surface area contributed by atoms with E-state index in [1.165, 1.54) is 6.26 Å². The van der Waals surface area contributed by atoms with Gasteiger partial charge >= 0.3 is 5.97 Å². The third kappa shape index (κ3) is 2.62. The number of carbonyl (C=O) groups is 1. The largest absolute Gasteiger partial charge is 0.475 e. The molecule has 16 heavy (non-hydrogen) atoms. The summed E-state index contributed by atoms with van der Waals surface area (Å²) in [5, 5.41) is 8.82. The highest BCUT2D eigenvalue weighted by Gasteiger charge is 2.18. The summed E-state index contributed by atoms with van der Waals surface area (Å²) in [6.07, 6.45) is 3.25. The molecule has 0 bridgehead atoms. The number of rotatable bonds is 4. The number of ether oxygens (including phenoxy) is 2. The van der Waals surface area contributed by atoms with Gasteiger partial charge in [0.1, 0.15) is 0 Å². The quantitative estimate of drug-likeness (QED) is 0.845. The highest BCUT2D eigenvalue weighted by molar-refractivity contribution is 5.85. The molecule has 5 nitrogen and oxygen atoms in total. The Morgan fingerprint density at radius 3 is 2.94 bits per heavy atom. The molecule has 1 aromatic heterocycles. The third-order valence-electron chi connectivity index (χ3n) is 2.58. The molecular weight excluding hydrogens is 212 g/mol. The van der Waals surface area contributed by atoms with E-state index in [2.05, 4.69) is 0 Å². The van der Waals surface area contributed by atoms with Gasteiger partial charge in [0.25, 0.3) is 0 Å². The van der Waals surface area contributed by atoms with E-state index in [-0.39, 0.29) is 18.5 Å². The van der Waals surface area contributed by atoms with Crippen molar-refractivity contribution in [2.24, 2.45) is 0 Å². The summed E-state index contributed by atoms with van der Waals surface area (Å²) in [4.78, 5) is 10.8. The first-order chi connectivity index (χ1) is 7.77. The zero-order chi connectivity index (χ0) is 11.4. The fourth-order valence-electron chi connectivity index (χ4n) is 1.69. The van der Waals surface area contributed by atoms with Crippen LogP contribution in [-0.2, 0) is 16.1 Å². The van der Waals surface area contributed by atoms with Crippen LogP contribution in [0.2, 0.25) is 0 Å². The lowest BCUT2D eigenvalue weighted by atomic mass is 10.1. The van der Waals surface area contributed by atoms with E-state index in [9.17, 15) is 4.79 Å². The summed E-state index contributed by atoms with van der Waals surface area (Å²) >= 11 is 0. The summed E-state index contributed by atoms with van der Waals surface area (Å²) in [6.45, 7) is 1.70.